The summed E-state index contributed by atoms with van der Waals surface area (Å²) in [6.07, 6.45) is 11.6. The Labute approximate surface area is 161 Å². The molecule has 0 unspecified atom stereocenters. The van der Waals surface area contributed by atoms with E-state index in [2.05, 4.69) is 13.8 Å². The normalized spacial score (nSPS) is 16.4. The fourth-order valence-corrected chi connectivity index (χ4v) is 3.99. The third kappa shape index (κ3) is 7.57. The number of quaternary nitrogens is 1. The highest BCUT2D eigenvalue weighted by Crippen LogP contribution is 2.21. The summed E-state index contributed by atoms with van der Waals surface area (Å²) >= 11 is 0. The number of benzene rings is 1. The molecule has 1 aromatic carbocycles. The predicted molar refractivity (Wildman–Crippen MR) is 110 cm³/mol. The first-order valence-electron chi connectivity index (χ1n) is 11.0. The van der Waals surface area contributed by atoms with Gasteiger partial charge in [0.25, 0.3) is 0 Å². The molecule has 1 aliphatic rings. The fraction of sp³-hybridized carbons (Fsp3) is 0.739. The summed E-state index contributed by atoms with van der Waals surface area (Å²) in [6, 6.07) is 8.12. The number of unbranched alkanes of at least 4 members (excludes halogenated alkanes) is 4. The fourth-order valence-electron chi connectivity index (χ4n) is 3.99. The molecule has 0 N–H and O–H groups in total. The van der Waals surface area contributed by atoms with Crippen LogP contribution in [0.3, 0.4) is 0 Å². The highest BCUT2D eigenvalue weighted by atomic mass is 16.5. The number of nitrogens with zero attached hydrogens (tertiary/aromatic N) is 1. The SMILES string of the molecule is CCCCCCOc1cccc(OCCCC[N+]2(CC)CCCCC2)c1. The van der Waals surface area contributed by atoms with Crippen LogP contribution in [0.15, 0.2) is 24.3 Å². The smallest absolute Gasteiger partial charge is 0.122 e. The molecule has 1 aliphatic heterocycles. The first kappa shape index (κ1) is 21.1. The standard InChI is InChI=1S/C23H40NO2/c1-3-5-6-11-19-25-22-14-13-15-23(21-22)26-20-12-10-18-24(4-2)16-8-7-9-17-24/h13-15,21H,3-12,16-20H2,1-2H3/q+1. The van der Waals surface area contributed by atoms with Crippen molar-refractivity contribution >= 4 is 0 Å². The predicted octanol–water partition coefficient (Wildman–Crippen LogP) is 5.83. The van der Waals surface area contributed by atoms with E-state index in [-0.39, 0.29) is 0 Å². The third-order valence-electron chi connectivity index (χ3n) is 5.80. The summed E-state index contributed by atoms with van der Waals surface area (Å²) in [5.41, 5.74) is 0. The number of rotatable bonds is 13. The molecule has 1 fully saturated rings. The minimum absolute atomic E-state index is 0.806. The van der Waals surface area contributed by atoms with Crippen LogP contribution in [0.5, 0.6) is 11.5 Å². The first-order valence-corrected chi connectivity index (χ1v) is 11.0. The Bertz CT molecular complexity index is 483. The monoisotopic (exact) mass is 362 g/mol. The van der Waals surface area contributed by atoms with Crippen molar-refractivity contribution in [3.63, 3.8) is 0 Å². The Balaban J connectivity index is 1.62. The van der Waals surface area contributed by atoms with Crippen molar-refractivity contribution in [1.29, 1.82) is 0 Å². The second-order valence-corrected chi connectivity index (χ2v) is 7.83. The van der Waals surface area contributed by atoms with Gasteiger partial charge in [0.05, 0.1) is 39.4 Å². The molecular formula is C23H40NO2+. The van der Waals surface area contributed by atoms with Crippen molar-refractivity contribution in [2.24, 2.45) is 0 Å². The van der Waals surface area contributed by atoms with E-state index in [1.165, 1.54) is 75.6 Å². The molecule has 0 spiro atoms. The van der Waals surface area contributed by atoms with Gasteiger partial charge in [-0.2, -0.15) is 0 Å². The van der Waals surface area contributed by atoms with Crippen LogP contribution in [-0.2, 0) is 0 Å². The molecular weight excluding hydrogens is 322 g/mol. The Morgan fingerprint density at radius 1 is 0.808 bits per heavy atom. The molecule has 0 aliphatic carbocycles. The van der Waals surface area contributed by atoms with E-state index in [4.69, 9.17) is 9.47 Å². The zero-order valence-corrected chi connectivity index (χ0v) is 17.2. The summed E-state index contributed by atoms with van der Waals surface area (Å²) in [7, 11) is 0. The number of hydrogen-bond acceptors (Lipinski definition) is 2. The number of piperidine rings is 1. The van der Waals surface area contributed by atoms with Gasteiger partial charge in [0.15, 0.2) is 0 Å². The van der Waals surface area contributed by atoms with E-state index in [1.807, 2.05) is 24.3 Å². The maximum absolute atomic E-state index is 5.96. The minimum Gasteiger partial charge on any atom is -0.493 e. The molecule has 1 saturated heterocycles. The van der Waals surface area contributed by atoms with Gasteiger partial charge in [-0.05, 0) is 57.6 Å². The van der Waals surface area contributed by atoms with Gasteiger partial charge in [-0.15, -0.1) is 0 Å². The molecule has 0 atom stereocenters. The average Bonchev–Trinajstić information content (AvgIpc) is 2.69. The maximum atomic E-state index is 5.96. The minimum atomic E-state index is 0.806. The molecule has 1 heterocycles. The van der Waals surface area contributed by atoms with E-state index in [9.17, 15) is 0 Å². The Morgan fingerprint density at radius 2 is 1.46 bits per heavy atom. The molecule has 0 aromatic heterocycles. The van der Waals surface area contributed by atoms with Gasteiger partial charge in [0.2, 0.25) is 0 Å². The Hall–Kier alpha value is -1.22. The van der Waals surface area contributed by atoms with Gasteiger partial charge >= 0.3 is 0 Å². The van der Waals surface area contributed by atoms with Crippen LogP contribution in [0.25, 0.3) is 0 Å². The number of ether oxygens (including phenoxy) is 2. The van der Waals surface area contributed by atoms with Crippen LogP contribution in [0, 0.1) is 0 Å². The van der Waals surface area contributed by atoms with Crippen molar-refractivity contribution in [3.05, 3.63) is 24.3 Å². The lowest BCUT2D eigenvalue weighted by Crippen LogP contribution is -2.51. The van der Waals surface area contributed by atoms with E-state index >= 15 is 0 Å². The molecule has 0 bridgehead atoms. The largest absolute Gasteiger partial charge is 0.493 e. The third-order valence-corrected chi connectivity index (χ3v) is 5.80. The summed E-state index contributed by atoms with van der Waals surface area (Å²) in [6.45, 7) is 11.6. The summed E-state index contributed by atoms with van der Waals surface area (Å²) < 4.78 is 13.1. The van der Waals surface area contributed by atoms with Gasteiger partial charge in [0, 0.05) is 6.07 Å². The van der Waals surface area contributed by atoms with Crippen molar-refractivity contribution < 1.29 is 14.0 Å². The van der Waals surface area contributed by atoms with Crippen LogP contribution in [0.2, 0.25) is 0 Å². The second kappa shape index (κ2) is 12.2. The van der Waals surface area contributed by atoms with Crippen LogP contribution >= 0.6 is 0 Å². The van der Waals surface area contributed by atoms with Gasteiger partial charge in [-0.25, -0.2) is 0 Å². The first-order chi connectivity index (χ1) is 12.8. The molecule has 3 heteroatoms. The summed E-state index contributed by atoms with van der Waals surface area (Å²) in [5.74, 6) is 1.87. The van der Waals surface area contributed by atoms with Crippen LogP contribution < -0.4 is 9.47 Å². The lowest BCUT2D eigenvalue weighted by atomic mass is 10.1. The van der Waals surface area contributed by atoms with Gasteiger partial charge in [-0.3, -0.25) is 0 Å². The topological polar surface area (TPSA) is 18.5 Å². The van der Waals surface area contributed by atoms with Crippen molar-refractivity contribution in [2.45, 2.75) is 71.6 Å². The lowest BCUT2D eigenvalue weighted by molar-refractivity contribution is -0.931. The Morgan fingerprint density at radius 3 is 2.08 bits per heavy atom. The second-order valence-electron chi connectivity index (χ2n) is 7.83. The van der Waals surface area contributed by atoms with Crippen molar-refractivity contribution in [2.75, 3.05) is 39.4 Å². The Kier molecular flexibility index (Phi) is 9.91. The van der Waals surface area contributed by atoms with E-state index < -0.39 is 0 Å². The van der Waals surface area contributed by atoms with Gasteiger partial charge in [0.1, 0.15) is 11.5 Å². The highest BCUT2D eigenvalue weighted by Gasteiger charge is 2.26. The quantitative estimate of drug-likeness (QED) is 0.325. The molecule has 0 radical (unpaired) electrons. The average molecular weight is 363 g/mol. The van der Waals surface area contributed by atoms with Gasteiger partial charge < -0.3 is 14.0 Å². The maximum Gasteiger partial charge on any atom is 0.122 e. The molecule has 0 amide bonds. The molecule has 1 aromatic rings. The van der Waals surface area contributed by atoms with Crippen LogP contribution in [-0.4, -0.2) is 43.9 Å². The number of hydrogen-bond donors (Lipinski definition) is 0. The van der Waals surface area contributed by atoms with E-state index in [1.54, 1.807) is 0 Å². The number of likely N-dealkylation sites (tertiary alicyclic amines) is 1. The lowest BCUT2D eigenvalue weighted by Gasteiger charge is -2.41. The molecule has 2 rings (SSSR count). The van der Waals surface area contributed by atoms with Crippen molar-refractivity contribution in [1.82, 2.24) is 0 Å². The van der Waals surface area contributed by atoms with E-state index in [0.29, 0.717) is 0 Å². The summed E-state index contributed by atoms with van der Waals surface area (Å²) in [4.78, 5) is 0. The molecule has 0 saturated carbocycles. The molecule has 3 nitrogen and oxygen atoms in total. The van der Waals surface area contributed by atoms with Crippen LogP contribution in [0.1, 0.15) is 71.6 Å². The van der Waals surface area contributed by atoms with Crippen molar-refractivity contribution in [3.8, 4) is 11.5 Å². The molecule has 148 valence electrons. The zero-order chi connectivity index (χ0) is 18.5. The summed E-state index contributed by atoms with van der Waals surface area (Å²) in [5, 5.41) is 0. The zero-order valence-electron chi connectivity index (χ0n) is 17.2. The molecule has 26 heavy (non-hydrogen) atoms. The van der Waals surface area contributed by atoms with Crippen LogP contribution in [0.4, 0.5) is 0 Å². The van der Waals surface area contributed by atoms with Gasteiger partial charge in [-0.1, -0.05) is 32.3 Å². The van der Waals surface area contributed by atoms with E-state index in [0.717, 1.165) is 37.6 Å². The highest BCUT2D eigenvalue weighted by molar-refractivity contribution is 5.32.